The van der Waals surface area contributed by atoms with Crippen LogP contribution < -0.4 is 5.32 Å². The minimum Gasteiger partial charge on any atom is -0.465 e. The molecule has 0 saturated heterocycles. The molecule has 0 radical (unpaired) electrons. The highest BCUT2D eigenvalue weighted by atomic mass is 16.5. The Hall–Kier alpha value is -2.57. The van der Waals surface area contributed by atoms with Gasteiger partial charge in [-0.15, -0.1) is 0 Å². The van der Waals surface area contributed by atoms with Crippen LogP contribution in [-0.4, -0.2) is 51.2 Å². The number of urea groups is 1. The molecule has 0 spiro atoms. The molecule has 1 rings (SSSR count). The van der Waals surface area contributed by atoms with Crippen molar-refractivity contribution in [1.29, 1.82) is 0 Å². The van der Waals surface area contributed by atoms with Gasteiger partial charge in [0.05, 0.1) is 25.3 Å². The number of hydrogen-bond acceptors (Lipinski definition) is 5. The molecule has 108 valence electrons. The van der Waals surface area contributed by atoms with Gasteiger partial charge < -0.3 is 19.7 Å². The fourth-order valence-electron chi connectivity index (χ4n) is 1.41. The Labute approximate surface area is 116 Å². The lowest BCUT2D eigenvalue weighted by molar-refractivity contribution is 0.0599. The molecule has 1 aromatic carbocycles. The van der Waals surface area contributed by atoms with Crippen molar-refractivity contribution in [3.8, 4) is 0 Å². The summed E-state index contributed by atoms with van der Waals surface area (Å²) < 4.78 is 9.20. The van der Waals surface area contributed by atoms with E-state index in [2.05, 4.69) is 14.8 Å². The first-order chi connectivity index (χ1) is 9.38. The number of esters is 2. The van der Waals surface area contributed by atoms with Crippen molar-refractivity contribution in [2.45, 2.75) is 0 Å². The number of methoxy groups -OCH3 is 2. The number of carbonyl (C=O) groups is 3. The molecule has 1 aromatic rings. The number of rotatable bonds is 3. The maximum absolute atomic E-state index is 11.6. The van der Waals surface area contributed by atoms with Gasteiger partial charge in [0, 0.05) is 19.8 Å². The summed E-state index contributed by atoms with van der Waals surface area (Å²) in [5, 5.41) is 2.55. The number of amides is 2. The summed E-state index contributed by atoms with van der Waals surface area (Å²) in [4.78, 5) is 36.0. The Morgan fingerprint density at radius 1 is 0.950 bits per heavy atom. The average molecular weight is 280 g/mol. The van der Waals surface area contributed by atoms with Crippen LogP contribution in [0.1, 0.15) is 20.7 Å². The van der Waals surface area contributed by atoms with E-state index in [0.717, 1.165) is 0 Å². The minimum absolute atomic E-state index is 0.143. The summed E-state index contributed by atoms with van der Waals surface area (Å²) in [6.07, 6.45) is 0. The maximum atomic E-state index is 11.6. The van der Waals surface area contributed by atoms with Crippen LogP contribution in [-0.2, 0) is 9.47 Å². The molecule has 7 nitrogen and oxygen atoms in total. The summed E-state index contributed by atoms with van der Waals surface area (Å²) in [7, 11) is 5.60. The molecule has 0 bridgehead atoms. The van der Waals surface area contributed by atoms with Crippen LogP contribution in [0.2, 0.25) is 0 Å². The first kappa shape index (κ1) is 15.5. The van der Waals surface area contributed by atoms with Gasteiger partial charge in [0.25, 0.3) is 0 Å². The molecule has 0 saturated carbocycles. The molecule has 1 N–H and O–H groups in total. The maximum Gasteiger partial charge on any atom is 0.337 e. The van der Waals surface area contributed by atoms with Crippen LogP contribution in [0.3, 0.4) is 0 Å². The highest BCUT2D eigenvalue weighted by molar-refractivity contribution is 5.99. The van der Waals surface area contributed by atoms with E-state index in [-0.39, 0.29) is 17.2 Å². The number of benzene rings is 1. The van der Waals surface area contributed by atoms with Gasteiger partial charge in [0.15, 0.2) is 0 Å². The van der Waals surface area contributed by atoms with Gasteiger partial charge in [-0.25, -0.2) is 14.4 Å². The highest BCUT2D eigenvalue weighted by Crippen LogP contribution is 2.17. The van der Waals surface area contributed by atoms with Gasteiger partial charge in [-0.3, -0.25) is 0 Å². The topological polar surface area (TPSA) is 84.9 Å². The van der Waals surface area contributed by atoms with E-state index in [4.69, 9.17) is 0 Å². The van der Waals surface area contributed by atoms with Gasteiger partial charge in [-0.1, -0.05) is 0 Å². The Morgan fingerprint density at radius 3 is 1.75 bits per heavy atom. The Bertz CT molecular complexity index is 505. The molecule has 20 heavy (non-hydrogen) atoms. The van der Waals surface area contributed by atoms with Crippen molar-refractivity contribution in [2.75, 3.05) is 33.6 Å². The first-order valence-corrected chi connectivity index (χ1v) is 5.69. The van der Waals surface area contributed by atoms with Crippen molar-refractivity contribution in [3.63, 3.8) is 0 Å². The second-order valence-electron chi connectivity index (χ2n) is 4.11. The standard InChI is InChI=1S/C13H16N2O5/c1-15(2)13(18)14-10-6-8(11(16)19-3)5-9(7-10)12(17)20-4/h5-7H,1-4H3,(H,14,18). The largest absolute Gasteiger partial charge is 0.465 e. The molecule has 2 amide bonds. The summed E-state index contributed by atoms with van der Waals surface area (Å²) in [5.74, 6) is -1.23. The third-order valence-electron chi connectivity index (χ3n) is 2.43. The molecule has 0 heterocycles. The molecular formula is C13H16N2O5. The van der Waals surface area contributed by atoms with Crippen molar-refractivity contribution >= 4 is 23.7 Å². The highest BCUT2D eigenvalue weighted by Gasteiger charge is 2.15. The second-order valence-corrected chi connectivity index (χ2v) is 4.11. The van der Waals surface area contributed by atoms with Crippen molar-refractivity contribution in [2.24, 2.45) is 0 Å². The molecular weight excluding hydrogens is 264 g/mol. The molecule has 7 heteroatoms. The van der Waals surface area contributed by atoms with Crippen LogP contribution in [0.5, 0.6) is 0 Å². The lowest BCUT2D eigenvalue weighted by Gasteiger charge is -2.13. The van der Waals surface area contributed by atoms with Gasteiger partial charge in [-0.2, -0.15) is 0 Å². The summed E-state index contributed by atoms with van der Waals surface area (Å²) in [6.45, 7) is 0. The monoisotopic (exact) mass is 280 g/mol. The van der Waals surface area contributed by atoms with Crippen LogP contribution in [0, 0.1) is 0 Å². The molecule has 0 atom stereocenters. The van der Waals surface area contributed by atoms with E-state index in [9.17, 15) is 14.4 Å². The average Bonchev–Trinajstić information content (AvgIpc) is 2.44. The normalized spacial score (nSPS) is 9.60. The van der Waals surface area contributed by atoms with Gasteiger partial charge in [-0.05, 0) is 18.2 Å². The predicted octanol–water partition coefficient (Wildman–Crippen LogP) is 1.35. The molecule has 0 aliphatic carbocycles. The molecule has 0 aliphatic rings. The molecule has 0 aliphatic heterocycles. The molecule has 0 aromatic heterocycles. The minimum atomic E-state index is -0.615. The zero-order valence-electron chi connectivity index (χ0n) is 11.7. The Balaban J connectivity index is 3.19. The van der Waals surface area contributed by atoms with E-state index in [0.29, 0.717) is 5.69 Å². The van der Waals surface area contributed by atoms with Crippen molar-refractivity contribution < 1.29 is 23.9 Å². The number of hydrogen-bond donors (Lipinski definition) is 1. The zero-order valence-corrected chi connectivity index (χ0v) is 11.7. The third-order valence-corrected chi connectivity index (χ3v) is 2.43. The summed E-state index contributed by atoms with van der Waals surface area (Å²) in [6, 6.07) is 3.78. The first-order valence-electron chi connectivity index (χ1n) is 5.69. The van der Waals surface area contributed by atoms with E-state index in [1.807, 2.05) is 0 Å². The van der Waals surface area contributed by atoms with E-state index in [1.165, 1.54) is 37.3 Å². The van der Waals surface area contributed by atoms with Gasteiger partial charge in [0.2, 0.25) is 0 Å². The quantitative estimate of drug-likeness (QED) is 0.845. The summed E-state index contributed by atoms with van der Waals surface area (Å²) >= 11 is 0. The third kappa shape index (κ3) is 3.71. The fraction of sp³-hybridized carbons (Fsp3) is 0.308. The van der Waals surface area contributed by atoms with Crippen LogP contribution in [0.4, 0.5) is 10.5 Å². The SMILES string of the molecule is COC(=O)c1cc(NC(=O)N(C)C)cc(C(=O)OC)c1. The van der Waals surface area contributed by atoms with Crippen molar-refractivity contribution in [1.82, 2.24) is 4.90 Å². The van der Waals surface area contributed by atoms with Gasteiger partial charge >= 0.3 is 18.0 Å². The number of anilines is 1. The summed E-state index contributed by atoms with van der Waals surface area (Å²) in [5.41, 5.74) is 0.584. The van der Waals surface area contributed by atoms with E-state index >= 15 is 0 Å². The molecule has 0 fully saturated rings. The fourth-order valence-corrected chi connectivity index (χ4v) is 1.41. The van der Waals surface area contributed by atoms with Crippen LogP contribution in [0.25, 0.3) is 0 Å². The number of nitrogens with one attached hydrogen (secondary N) is 1. The van der Waals surface area contributed by atoms with E-state index in [1.54, 1.807) is 14.1 Å². The second kappa shape index (κ2) is 6.55. The van der Waals surface area contributed by atoms with Crippen molar-refractivity contribution in [3.05, 3.63) is 29.3 Å². The smallest absolute Gasteiger partial charge is 0.337 e. The zero-order chi connectivity index (χ0) is 15.3. The lowest BCUT2D eigenvalue weighted by atomic mass is 10.1. The predicted molar refractivity (Wildman–Crippen MR) is 71.8 cm³/mol. The number of ether oxygens (including phenoxy) is 2. The Kier molecular flexibility index (Phi) is 5.08. The number of carbonyl (C=O) groups excluding carboxylic acids is 3. The van der Waals surface area contributed by atoms with Crippen LogP contribution in [0.15, 0.2) is 18.2 Å². The molecule has 0 unspecified atom stereocenters. The van der Waals surface area contributed by atoms with Crippen LogP contribution >= 0.6 is 0 Å². The number of nitrogens with zero attached hydrogens (tertiary/aromatic N) is 1. The lowest BCUT2D eigenvalue weighted by Crippen LogP contribution is -2.27. The van der Waals surface area contributed by atoms with E-state index < -0.39 is 11.9 Å². The Morgan fingerprint density at radius 2 is 1.40 bits per heavy atom. The van der Waals surface area contributed by atoms with Gasteiger partial charge in [0.1, 0.15) is 0 Å².